The first kappa shape index (κ1) is 20.4. The van der Waals surface area contributed by atoms with Crippen LogP contribution in [0.3, 0.4) is 0 Å². The van der Waals surface area contributed by atoms with E-state index >= 15 is 0 Å². The predicted octanol–water partition coefficient (Wildman–Crippen LogP) is 4.70. The van der Waals surface area contributed by atoms with Gasteiger partial charge in [-0.05, 0) is 44.7 Å². The number of nitrogens with zero attached hydrogens (tertiary/aromatic N) is 1. The number of aromatic nitrogens is 1. The Labute approximate surface area is 159 Å². The predicted molar refractivity (Wildman–Crippen MR) is 105 cm³/mol. The molecule has 0 bridgehead atoms. The van der Waals surface area contributed by atoms with Crippen molar-refractivity contribution in [2.24, 2.45) is 5.92 Å². The minimum absolute atomic E-state index is 0.0154. The van der Waals surface area contributed by atoms with Crippen molar-refractivity contribution in [3.05, 3.63) is 41.0 Å². The number of thiazole rings is 1. The lowest BCUT2D eigenvalue weighted by molar-refractivity contribution is 0.0356. The molecule has 1 amide bonds. The van der Waals surface area contributed by atoms with Gasteiger partial charge >= 0.3 is 6.09 Å². The summed E-state index contributed by atoms with van der Waals surface area (Å²) in [4.78, 5) is 17.6. The fourth-order valence-corrected chi connectivity index (χ4v) is 3.42. The summed E-state index contributed by atoms with van der Waals surface area (Å²) < 4.78 is 5.35. The lowest BCUT2D eigenvalue weighted by atomic mass is 9.93. The smallest absolute Gasteiger partial charge is 0.408 e. The van der Waals surface area contributed by atoms with Crippen LogP contribution in [0.2, 0.25) is 0 Å². The van der Waals surface area contributed by atoms with Crippen molar-refractivity contribution in [3.63, 3.8) is 0 Å². The van der Waals surface area contributed by atoms with Gasteiger partial charge in [-0.1, -0.05) is 38.1 Å². The van der Waals surface area contributed by atoms with E-state index in [1.807, 2.05) is 71.3 Å². The molecule has 6 heteroatoms. The van der Waals surface area contributed by atoms with Crippen LogP contribution in [0.4, 0.5) is 4.79 Å². The van der Waals surface area contributed by atoms with Crippen LogP contribution < -0.4 is 5.32 Å². The van der Waals surface area contributed by atoms with Crippen LogP contribution in [0.1, 0.15) is 51.9 Å². The summed E-state index contributed by atoms with van der Waals surface area (Å²) in [7, 11) is 0. The molecule has 0 saturated heterocycles. The molecule has 0 saturated carbocycles. The second-order valence-electron chi connectivity index (χ2n) is 7.75. The number of carbonyl (C=O) groups excluding carboxylic acids is 1. The molecule has 0 unspecified atom stereocenters. The average Bonchev–Trinajstić information content (AvgIpc) is 2.96. The third-order valence-corrected chi connectivity index (χ3v) is 4.95. The molecule has 26 heavy (non-hydrogen) atoms. The maximum atomic E-state index is 12.2. The zero-order chi connectivity index (χ0) is 19.5. The highest BCUT2D eigenvalue weighted by Gasteiger charge is 2.28. The Morgan fingerprint density at radius 1 is 1.23 bits per heavy atom. The van der Waals surface area contributed by atoms with E-state index in [0.29, 0.717) is 0 Å². The number of hydrogen-bond donors (Lipinski definition) is 2. The summed E-state index contributed by atoms with van der Waals surface area (Å²) in [6.07, 6.45) is -1.26. The van der Waals surface area contributed by atoms with Crippen LogP contribution in [-0.4, -0.2) is 27.9 Å². The molecular weight excluding hydrogens is 348 g/mol. The Morgan fingerprint density at radius 2 is 1.85 bits per heavy atom. The molecule has 2 aromatic rings. The molecule has 0 aliphatic rings. The number of hydrogen-bond acceptors (Lipinski definition) is 5. The van der Waals surface area contributed by atoms with E-state index in [0.717, 1.165) is 21.7 Å². The monoisotopic (exact) mass is 376 g/mol. The molecule has 142 valence electrons. The van der Waals surface area contributed by atoms with Gasteiger partial charge < -0.3 is 15.2 Å². The van der Waals surface area contributed by atoms with Crippen molar-refractivity contribution in [3.8, 4) is 10.4 Å². The first-order valence-electron chi connectivity index (χ1n) is 8.76. The highest BCUT2D eigenvalue weighted by molar-refractivity contribution is 7.13. The van der Waals surface area contributed by atoms with Crippen molar-refractivity contribution >= 4 is 17.4 Å². The lowest BCUT2D eigenvalue weighted by Gasteiger charge is -2.29. The van der Waals surface area contributed by atoms with Gasteiger partial charge in [0.25, 0.3) is 0 Å². The molecule has 1 heterocycles. The molecule has 5 nitrogen and oxygen atoms in total. The van der Waals surface area contributed by atoms with Gasteiger partial charge in [-0.2, -0.15) is 0 Å². The van der Waals surface area contributed by atoms with Crippen molar-refractivity contribution in [1.82, 2.24) is 10.3 Å². The van der Waals surface area contributed by atoms with Gasteiger partial charge in [-0.15, -0.1) is 11.3 Å². The van der Waals surface area contributed by atoms with Crippen molar-refractivity contribution in [2.45, 2.75) is 59.3 Å². The van der Waals surface area contributed by atoms with Crippen LogP contribution in [0.25, 0.3) is 10.4 Å². The van der Waals surface area contributed by atoms with Gasteiger partial charge in [-0.25, -0.2) is 9.78 Å². The Morgan fingerprint density at radius 3 is 2.31 bits per heavy atom. The Bertz CT molecular complexity index is 732. The maximum Gasteiger partial charge on any atom is 0.408 e. The maximum absolute atomic E-state index is 12.2. The van der Waals surface area contributed by atoms with E-state index < -0.39 is 23.8 Å². The normalized spacial score (nSPS) is 14.2. The molecule has 0 spiro atoms. The van der Waals surface area contributed by atoms with Gasteiger partial charge in [0.1, 0.15) is 5.60 Å². The van der Waals surface area contributed by atoms with E-state index in [9.17, 15) is 9.90 Å². The highest BCUT2D eigenvalue weighted by atomic mass is 32.1. The minimum Gasteiger partial charge on any atom is -0.444 e. The fourth-order valence-electron chi connectivity index (χ4n) is 2.61. The summed E-state index contributed by atoms with van der Waals surface area (Å²) in [6.45, 7) is 11.3. The molecular formula is C20H28N2O3S. The van der Waals surface area contributed by atoms with E-state index in [-0.39, 0.29) is 5.92 Å². The standard InChI is InChI=1S/C20H28N2O3S/c1-12(2)17(23)16(22-19(24)25-20(4,5)6)14-7-9-15(10-8-14)18-13(3)21-11-26-18/h7-12,16-17,23H,1-6H3,(H,22,24)/t16-,17-/m1/s1. The topological polar surface area (TPSA) is 71.5 Å². The van der Waals surface area contributed by atoms with Gasteiger partial charge in [0, 0.05) is 0 Å². The largest absolute Gasteiger partial charge is 0.444 e. The van der Waals surface area contributed by atoms with Crippen molar-refractivity contribution in [2.75, 3.05) is 0 Å². The molecule has 2 rings (SSSR count). The molecule has 0 radical (unpaired) electrons. The number of rotatable bonds is 5. The Balaban J connectivity index is 2.25. The Hall–Kier alpha value is -1.92. The minimum atomic E-state index is -0.724. The zero-order valence-corrected chi connectivity index (χ0v) is 17.1. The third-order valence-electron chi connectivity index (χ3n) is 3.97. The number of aryl methyl sites for hydroxylation is 1. The van der Waals surface area contributed by atoms with Crippen molar-refractivity contribution in [1.29, 1.82) is 0 Å². The molecule has 0 aliphatic heterocycles. The molecule has 1 aromatic carbocycles. The number of aliphatic hydroxyl groups is 1. The van der Waals surface area contributed by atoms with Crippen LogP contribution in [-0.2, 0) is 4.74 Å². The number of benzene rings is 1. The quantitative estimate of drug-likeness (QED) is 0.793. The number of carbonyl (C=O) groups is 1. The average molecular weight is 377 g/mol. The molecule has 1 aromatic heterocycles. The van der Waals surface area contributed by atoms with Gasteiger partial charge in [-0.3, -0.25) is 0 Å². The number of amides is 1. The third kappa shape index (κ3) is 5.29. The fraction of sp³-hybridized carbons (Fsp3) is 0.500. The van der Waals surface area contributed by atoms with Gasteiger partial charge in [0.2, 0.25) is 0 Å². The van der Waals surface area contributed by atoms with E-state index in [1.54, 1.807) is 11.3 Å². The van der Waals surface area contributed by atoms with E-state index in [4.69, 9.17) is 4.74 Å². The van der Waals surface area contributed by atoms with Gasteiger partial charge in [0.05, 0.1) is 28.2 Å². The van der Waals surface area contributed by atoms with E-state index in [2.05, 4.69) is 10.3 Å². The molecule has 2 atom stereocenters. The first-order valence-corrected chi connectivity index (χ1v) is 9.64. The van der Waals surface area contributed by atoms with Crippen LogP contribution in [0.5, 0.6) is 0 Å². The molecule has 0 fully saturated rings. The summed E-state index contributed by atoms with van der Waals surface area (Å²) in [5.41, 5.74) is 4.14. The zero-order valence-electron chi connectivity index (χ0n) is 16.2. The number of nitrogens with one attached hydrogen (secondary N) is 1. The van der Waals surface area contributed by atoms with Crippen LogP contribution >= 0.6 is 11.3 Å². The Kier molecular flexibility index (Phi) is 6.42. The second-order valence-corrected chi connectivity index (χ2v) is 8.60. The van der Waals surface area contributed by atoms with Gasteiger partial charge in [0.15, 0.2) is 0 Å². The van der Waals surface area contributed by atoms with Crippen molar-refractivity contribution < 1.29 is 14.6 Å². The number of alkyl carbamates (subject to hydrolysis) is 1. The SMILES string of the molecule is Cc1ncsc1-c1ccc([C@@H](NC(=O)OC(C)(C)C)[C@H](O)C(C)C)cc1. The van der Waals surface area contributed by atoms with E-state index in [1.165, 1.54) is 0 Å². The lowest BCUT2D eigenvalue weighted by Crippen LogP contribution is -2.41. The van der Waals surface area contributed by atoms with Crippen LogP contribution in [0, 0.1) is 12.8 Å². The first-order chi connectivity index (χ1) is 12.1. The molecule has 2 N–H and O–H groups in total. The second kappa shape index (κ2) is 8.18. The number of ether oxygens (including phenoxy) is 1. The summed E-state index contributed by atoms with van der Waals surface area (Å²) in [5, 5.41) is 13.4. The summed E-state index contributed by atoms with van der Waals surface area (Å²) >= 11 is 1.59. The molecule has 0 aliphatic carbocycles. The highest BCUT2D eigenvalue weighted by Crippen LogP contribution is 2.30. The summed E-state index contributed by atoms with van der Waals surface area (Å²) in [5.74, 6) is -0.0154. The summed E-state index contributed by atoms with van der Waals surface area (Å²) in [6, 6.07) is 7.31. The number of aliphatic hydroxyl groups excluding tert-OH is 1. The van der Waals surface area contributed by atoms with Crippen LogP contribution in [0.15, 0.2) is 29.8 Å².